The highest BCUT2D eigenvalue weighted by molar-refractivity contribution is 6.30. The van der Waals surface area contributed by atoms with E-state index in [1.54, 1.807) is 11.8 Å². The average Bonchev–Trinajstić information content (AvgIpc) is 2.99. The van der Waals surface area contributed by atoms with Crippen molar-refractivity contribution in [2.45, 2.75) is 44.7 Å². The first kappa shape index (κ1) is 19.7. The van der Waals surface area contributed by atoms with Crippen LogP contribution < -0.4 is 5.32 Å². The Balaban J connectivity index is 0.00000109. The molecule has 2 saturated heterocycles. The smallest absolute Gasteiger partial charge is 0.242 e. The number of amides is 2. The lowest BCUT2D eigenvalue weighted by atomic mass is 9.91. The molecule has 2 aliphatic rings. The fraction of sp³-hybridized carbons (Fsp3) is 0.579. The van der Waals surface area contributed by atoms with Crippen LogP contribution in [0.2, 0.25) is 0 Å². The van der Waals surface area contributed by atoms with Crippen molar-refractivity contribution in [3.8, 4) is 0 Å². The molecule has 1 spiro atoms. The molecule has 2 atom stereocenters. The number of benzene rings is 1. The van der Waals surface area contributed by atoms with Gasteiger partial charge in [-0.15, -0.1) is 11.6 Å². The van der Waals surface area contributed by atoms with E-state index in [1.807, 2.05) is 32.0 Å². The van der Waals surface area contributed by atoms with Gasteiger partial charge in [0.05, 0.1) is 0 Å². The van der Waals surface area contributed by atoms with E-state index in [1.165, 1.54) is 5.56 Å². The van der Waals surface area contributed by atoms with E-state index in [9.17, 15) is 9.59 Å². The number of hydrogen-bond acceptors (Lipinski definition) is 3. The van der Waals surface area contributed by atoms with Crippen molar-refractivity contribution in [1.82, 2.24) is 15.1 Å². The van der Waals surface area contributed by atoms with Crippen LogP contribution >= 0.6 is 11.6 Å². The summed E-state index contributed by atoms with van der Waals surface area (Å²) in [5.41, 5.74) is 0.548. The van der Waals surface area contributed by atoms with Gasteiger partial charge in [0.2, 0.25) is 11.8 Å². The first-order chi connectivity index (χ1) is 12.0. The third kappa shape index (κ3) is 4.15. The molecule has 2 aliphatic heterocycles. The monoisotopic (exact) mass is 365 g/mol. The van der Waals surface area contributed by atoms with Gasteiger partial charge in [0, 0.05) is 32.7 Å². The number of hydrogen-bond donors (Lipinski definition) is 1. The maximum atomic E-state index is 12.6. The molecule has 2 fully saturated rings. The third-order valence-electron chi connectivity index (χ3n) is 4.81. The Morgan fingerprint density at radius 3 is 2.52 bits per heavy atom. The lowest BCUT2D eigenvalue weighted by molar-refractivity contribution is -0.143. The van der Waals surface area contributed by atoms with Crippen LogP contribution in [0.4, 0.5) is 0 Å². The van der Waals surface area contributed by atoms with Gasteiger partial charge in [-0.2, -0.15) is 0 Å². The van der Waals surface area contributed by atoms with Gasteiger partial charge in [-0.1, -0.05) is 44.2 Å². The molecule has 1 N–H and O–H groups in total. The molecular formula is C19H28ClN3O2. The minimum atomic E-state index is -0.629. The van der Waals surface area contributed by atoms with Crippen LogP contribution in [0, 0.1) is 0 Å². The SMILES string of the molecule is CC.CC(Cl)C(=O)N1CCN(Cc2ccccc2)C2(CCNC2=O)C1. The summed E-state index contributed by atoms with van der Waals surface area (Å²) in [6.07, 6.45) is 0.721. The van der Waals surface area contributed by atoms with Crippen molar-refractivity contribution in [2.75, 3.05) is 26.2 Å². The summed E-state index contributed by atoms with van der Waals surface area (Å²) in [5.74, 6) is -0.0711. The zero-order valence-electron chi connectivity index (χ0n) is 15.3. The van der Waals surface area contributed by atoms with Gasteiger partial charge in [0.15, 0.2) is 0 Å². The second-order valence-electron chi connectivity index (χ2n) is 6.32. The van der Waals surface area contributed by atoms with E-state index in [2.05, 4.69) is 22.3 Å². The van der Waals surface area contributed by atoms with Crippen molar-refractivity contribution >= 4 is 23.4 Å². The zero-order valence-corrected chi connectivity index (χ0v) is 16.1. The van der Waals surface area contributed by atoms with Crippen molar-refractivity contribution in [3.05, 3.63) is 35.9 Å². The van der Waals surface area contributed by atoms with Gasteiger partial charge in [-0.25, -0.2) is 0 Å². The molecule has 3 rings (SSSR count). The van der Waals surface area contributed by atoms with Crippen LogP contribution in [-0.2, 0) is 16.1 Å². The van der Waals surface area contributed by atoms with Crippen LogP contribution in [0.3, 0.4) is 0 Å². The Morgan fingerprint density at radius 1 is 1.28 bits per heavy atom. The molecular weight excluding hydrogens is 338 g/mol. The van der Waals surface area contributed by atoms with Gasteiger partial charge in [0.25, 0.3) is 0 Å². The largest absolute Gasteiger partial charge is 0.354 e. The molecule has 1 aromatic carbocycles. The molecule has 2 amide bonds. The predicted molar refractivity (Wildman–Crippen MR) is 100 cm³/mol. The third-order valence-corrected chi connectivity index (χ3v) is 5.00. The summed E-state index contributed by atoms with van der Waals surface area (Å²) in [5, 5.41) is 2.37. The van der Waals surface area contributed by atoms with E-state index >= 15 is 0 Å². The molecule has 0 radical (unpaired) electrons. The number of carbonyl (C=O) groups excluding carboxylic acids is 2. The number of nitrogens with zero attached hydrogens (tertiary/aromatic N) is 2. The van der Waals surface area contributed by atoms with Crippen LogP contribution in [0.25, 0.3) is 0 Å². The minimum absolute atomic E-state index is 0.0214. The highest BCUT2D eigenvalue weighted by atomic mass is 35.5. The summed E-state index contributed by atoms with van der Waals surface area (Å²) in [7, 11) is 0. The molecule has 0 bridgehead atoms. The molecule has 5 nitrogen and oxygen atoms in total. The van der Waals surface area contributed by atoms with Crippen molar-refractivity contribution in [1.29, 1.82) is 0 Å². The number of carbonyl (C=O) groups is 2. The fourth-order valence-electron chi connectivity index (χ4n) is 3.54. The molecule has 0 aromatic heterocycles. The van der Waals surface area contributed by atoms with Crippen molar-refractivity contribution < 1.29 is 9.59 Å². The van der Waals surface area contributed by atoms with Crippen LogP contribution in [0.1, 0.15) is 32.8 Å². The molecule has 1 aromatic rings. The Bertz CT molecular complexity index is 594. The van der Waals surface area contributed by atoms with Gasteiger partial charge in [0.1, 0.15) is 10.9 Å². The molecule has 0 saturated carbocycles. The summed E-state index contributed by atoms with van der Waals surface area (Å²) >= 11 is 5.95. The standard InChI is InChI=1S/C17H22ClN3O2.C2H6/c1-13(18)15(22)20-9-10-21(11-14-5-3-2-4-6-14)17(12-20)7-8-19-16(17)23;1-2/h2-6,13H,7-12H2,1H3,(H,19,23);1-2H3. The normalized spacial score (nSPS) is 24.5. The molecule has 2 heterocycles. The van der Waals surface area contributed by atoms with Crippen LogP contribution in [0.5, 0.6) is 0 Å². The maximum absolute atomic E-state index is 12.6. The molecule has 2 unspecified atom stereocenters. The molecule has 25 heavy (non-hydrogen) atoms. The van der Waals surface area contributed by atoms with Crippen molar-refractivity contribution in [2.24, 2.45) is 0 Å². The summed E-state index contributed by atoms with van der Waals surface area (Å²) < 4.78 is 0. The number of halogens is 1. The molecule has 138 valence electrons. The summed E-state index contributed by atoms with van der Waals surface area (Å²) in [6.45, 7) is 8.76. The van der Waals surface area contributed by atoms with E-state index in [0.717, 1.165) is 6.42 Å². The Morgan fingerprint density at radius 2 is 1.96 bits per heavy atom. The van der Waals surface area contributed by atoms with Crippen LogP contribution in [-0.4, -0.2) is 58.7 Å². The van der Waals surface area contributed by atoms with E-state index in [4.69, 9.17) is 11.6 Å². The summed E-state index contributed by atoms with van der Waals surface area (Å²) in [6, 6.07) is 10.1. The zero-order chi connectivity index (χ0) is 18.4. The van der Waals surface area contributed by atoms with Gasteiger partial charge in [-0.3, -0.25) is 14.5 Å². The number of nitrogens with one attached hydrogen (secondary N) is 1. The second kappa shape index (κ2) is 8.68. The highest BCUT2D eigenvalue weighted by Gasteiger charge is 2.51. The number of piperazine rings is 1. The first-order valence-corrected chi connectivity index (χ1v) is 9.47. The number of alkyl halides is 1. The second-order valence-corrected chi connectivity index (χ2v) is 6.98. The predicted octanol–water partition coefficient (Wildman–Crippen LogP) is 2.24. The van der Waals surface area contributed by atoms with Gasteiger partial charge < -0.3 is 10.2 Å². The van der Waals surface area contributed by atoms with Crippen LogP contribution in [0.15, 0.2) is 30.3 Å². The first-order valence-electron chi connectivity index (χ1n) is 9.03. The Hall–Kier alpha value is -1.59. The average molecular weight is 366 g/mol. The topological polar surface area (TPSA) is 52.7 Å². The van der Waals surface area contributed by atoms with E-state index in [0.29, 0.717) is 32.7 Å². The number of rotatable bonds is 3. The van der Waals surface area contributed by atoms with Crippen molar-refractivity contribution in [3.63, 3.8) is 0 Å². The molecule has 0 aliphatic carbocycles. The minimum Gasteiger partial charge on any atom is -0.354 e. The van der Waals surface area contributed by atoms with E-state index < -0.39 is 10.9 Å². The lowest BCUT2D eigenvalue weighted by Crippen LogP contribution is -2.66. The highest BCUT2D eigenvalue weighted by Crippen LogP contribution is 2.31. The summed E-state index contributed by atoms with van der Waals surface area (Å²) in [4.78, 5) is 28.8. The fourth-order valence-corrected chi connectivity index (χ4v) is 3.68. The quantitative estimate of drug-likeness (QED) is 0.836. The Kier molecular flexibility index (Phi) is 6.85. The molecule has 6 heteroatoms. The Labute approximate surface area is 155 Å². The van der Waals surface area contributed by atoms with E-state index in [-0.39, 0.29) is 11.8 Å². The maximum Gasteiger partial charge on any atom is 0.242 e. The van der Waals surface area contributed by atoms with Gasteiger partial charge >= 0.3 is 0 Å². The van der Waals surface area contributed by atoms with Gasteiger partial charge in [-0.05, 0) is 18.9 Å². The lowest BCUT2D eigenvalue weighted by Gasteiger charge is -2.47.